The van der Waals surface area contributed by atoms with Crippen LogP contribution in [0.3, 0.4) is 0 Å². The summed E-state index contributed by atoms with van der Waals surface area (Å²) in [5.74, 6) is 2.88. The van der Waals surface area contributed by atoms with E-state index < -0.39 is 0 Å². The van der Waals surface area contributed by atoms with E-state index in [1.54, 1.807) is 0 Å². The first kappa shape index (κ1) is 28.0. The fourth-order valence-corrected chi connectivity index (χ4v) is 3.66. The lowest BCUT2D eigenvalue weighted by Crippen LogP contribution is -2.48. The van der Waals surface area contributed by atoms with Crippen molar-refractivity contribution in [1.82, 2.24) is 20.4 Å². The van der Waals surface area contributed by atoms with Gasteiger partial charge in [0.1, 0.15) is 5.75 Å². The Morgan fingerprint density at radius 1 is 1.03 bits per heavy atom. The van der Waals surface area contributed by atoms with Gasteiger partial charge in [0.25, 0.3) is 0 Å². The minimum Gasteiger partial charge on any atom is -0.493 e. The third kappa shape index (κ3) is 10.4. The van der Waals surface area contributed by atoms with Crippen LogP contribution in [-0.2, 0) is 0 Å². The number of hydrogen-bond acceptors (Lipinski definition) is 4. The lowest BCUT2D eigenvalue weighted by molar-refractivity contribution is 0.124. The molecule has 0 saturated carbocycles. The predicted octanol–water partition coefficient (Wildman–Crippen LogP) is 3.84. The second-order valence-electron chi connectivity index (χ2n) is 8.93. The molecule has 0 amide bonds. The first-order chi connectivity index (χ1) is 14.4. The van der Waals surface area contributed by atoms with Crippen molar-refractivity contribution in [3.63, 3.8) is 0 Å². The van der Waals surface area contributed by atoms with Crippen molar-refractivity contribution in [2.24, 2.45) is 16.8 Å². The van der Waals surface area contributed by atoms with Crippen molar-refractivity contribution in [1.29, 1.82) is 0 Å². The van der Waals surface area contributed by atoms with Crippen molar-refractivity contribution < 1.29 is 4.74 Å². The molecular formula is C24H44IN5O. The summed E-state index contributed by atoms with van der Waals surface area (Å²) >= 11 is 0. The SMILES string of the molecule is CCN1CCN(CC(C)CNC(=NC)NC(C)c2ccc(OCC(C)C)cc2)CC1.I. The standard InChI is InChI=1S/C24H43N5O.HI/c1-7-28-12-14-29(15-13-28)17-20(4)16-26-24(25-6)27-21(5)22-8-10-23(11-9-22)30-18-19(2)3;/h8-11,19-21H,7,12-18H2,1-6H3,(H2,25,26,27);1H. The molecule has 6 nitrogen and oxygen atoms in total. The van der Waals surface area contributed by atoms with E-state index in [0.717, 1.165) is 31.4 Å². The summed E-state index contributed by atoms with van der Waals surface area (Å²) in [6.07, 6.45) is 0. The monoisotopic (exact) mass is 545 g/mol. The Balaban J connectivity index is 0.00000480. The van der Waals surface area contributed by atoms with Gasteiger partial charge in [-0.25, -0.2) is 0 Å². The smallest absolute Gasteiger partial charge is 0.191 e. The van der Waals surface area contributed by atoms with E-state index in [2.05, 4.69) is 72.2 Å². The average molecular weight is 546 g/mol. The van der Waals surface area contributed by atoms with E-state index in [1.165, 1.54) is 38.3 Å². The maximum absolute atomic E-state index is 5.78. The Morgan fingerprint density at radius 2 is 1.65 bits per heavy atom. The zero-order valence-electron chi connectivity index (χ0n) is 20.4. The maximum atomic E-state index is 5.78. The van der Waals surface area contributed by atoms with Gasteiger partial charge in [-0.3, -0.25) is 4.99 Å². The minimum atomic E-state index is 0. The molecule has 2 N–H and O–H groups in total. The van der Waals surface area contributed by atoms with Crippen molar-refractivity contribution in [3.8, 4) is 5.75 Å². The summed E-state index contributed by atoms with van der Waals surface area (Å²) in [4.78, 5) is 9.52. The number of piperazine rings is 1. The Labute approximate surface area is 207 Å². The molecule has 1 aromatic rings. The molecule has 2 atom stereocenters. The second-order valence-corrected chi connectivity index (χ2v) is 8.93. The highest BCUT2D eigenvalue weighted by Crippen LogP contribution is 2.18. The summed E-state index contributed by atoms with van der Waals surface area (Å²) in [5.41, 5.74) is 1.22. The maximum Gasteiger partial charge on any atom is 0.191 e. The van der Waals surface area contributed by atoms with Crippen LogP contribution >= 0.6 is 24.0 Å². The van der Waals surface area contributed by atoms with E-state index in [4.69, 9.17) is 4.74 Å². The van der Waals surface area contributed by atoms with Crippen LogP contribution in [-0.4, -0.2) is 75.2 Å². The lowest BCUT2D eigenvalue weighted by atomic mass is 10.1. The van der Waals surface area contributed by atoms with Gasteiger partial charge in [0.15, 0.2) is 5.96 Å². The van der Waals surface area contributed by atoms with Crippen LogP contribution in [0.5, 0.6) is 5.75 Å². The highest BCUT2D eigenvalue weighted by Gasteiger charge is 2.17. The Morgan fingerprint density at radius 3 is 2.19 bits per heavy atom. The van der Waals surface area contributed by atoms with Crippen LogP contribution < -0.4 is 15.4 Å². The van der Waals surface area contributed by atoms with Crippen LogP contribution in [0, 0.1) is 11.8 Å². The number of benzene rings is 1. The largest absolute Gasteiger partial charge is 0.493 e. The number of ether oxygens (including phenoxy) is 1. The second kappa shape index (κ2) is 14.9. The van der Waals surface area contributed by atoms with Crippen LogP contribution in [0.15, 0.2) is 29.3 Å². The molecule has 0 radical (unpaired) electrons. The summed E-state index contributed by atoms with van der Waals surface area (Å²) < 4.78 is 5.78. The Bertz CT molecular complexity index is 629. The molecule has 7 heteroatoms. The van der Waals surface area contributed by atoms with Gasteiger partial charge in [-0.15, -0.1) is 24.0 Å². The van der Waals surface area contributed by atoms with Crippen molar-refractivity contribution in [2.75, 3.05) is 59.5 Å². The van der Waals surface area contributed by atoms with Gasteiger partial charge in [0.05, 0.1) is 12.6 Å². The van der Waals surface area contributed by atoms with Crippen molar-refractivity contribution in [3.05, 3.63) is 29.8 Å². The fourth-order valence-electron chi connectivity index (χ4n) is 3.66. The molecule has 0 spiro atoms. The highest BCUT2D eigenvalue weighted by molar-refractivity contribution is 14.0. The number of hydrogen-bond donors (Lipinski definition) is 2. The number of halogens is 1. The normalized spacial score (nSPS) is 17.7. The van der Waals surface area contributed by atoms with E-state index >= 15 is 0 Å². The number of aliphatic imine (C=N–C) groups is 1. The molecule has 1 aromatic carbocycles. The number of likely N-dealkylation sites (N-methyl/N-ethyl adjacent to an activating group) is 1. The van der Waals surface area contributed by atoms with Crippen molar-refractivity contribution in [2.45, 2.75) is 40.7 Å². The molecule has 1 aliphatic rings. The van der Waals surface area contributed by atoms with E-state index in [-0.39, 0.29) is 30.0 Å². The van der Waals surface area contributed by atoms with E-state index in [1.807, 2.05) is 19.2 Å². The molecule has 1 heterocycles. The van der Waals surface area contributed by atoms with E-state index in [0.29, 0.717) is 11.8 Å². The van der Waals surface area contributed by atoms with E-state index in [9.17, 15) is 0 Å². The first-order valence-corrected chi connectivity index (χ1v) is 11.6. The summed E-state index contributed by atoms with van der Waals surface area (Å²) in [5, 5.41) is 7.00. The first-order valence-electron chi connectivity index (χ1n) is 11.6. The van der Waals surface area contributed by atoms with Crippen molar-refractivity contribution >= 4 is 29.9 Å². The quantitative estimate of drug-likeness (QED) is 0.266. The Hall–Kier alpha value is -1.06. The molecule has 1 fully saturated rings. The van der Waals surface area contributed by atoms with Crippen LogP contribution in [0.4, 0.5) is 0 Å². The molecule has 2 rings (SSSR count). The number of nitrogens with zero attached hydrogens (tertiary/aromatic N) is 3. The number of rotatable bonds is 10. The molecular weight excluding hydrogens is 501 g/mol. The van der Waals surface area contributed by atoms with Crippen LogP contribution in [0.1, 0.15) is 46.2 Å². The molecule has 1 saturated heterocycles. The van der Waals surface area contributed by atoms with Gasteiger partial charge < -0.3 is 25.2 Å². The van der Waals surface area contributed by atoms with Gasteiger partial charge in [-0.2, -0.15) is 0 Å². The number of guanidine groups is 1. The third-order valence-electron chi connectivity index (χ3n) is 5.64. The third-order valence-corrected chi connectivity index (χ3v) is 5.64. The molecule has 31 heavy (non-hydrogen) atoms. The highest BCUT2D eigenvalue weighted by atomic mass is 127. The molecule has 2 unspecified atom stereocenters. The minimum absolute atomic E-state index is 0. The summed E-state index contributed by atoms with van der Waals surface area (Å²) in [6.45, 7) is 19.7. The van der Waals surface area contributed by atoms with Gasteiger partial charge in [-0.05, 0) is 43.0 Å². The summed E-state index contributed by atoms with van der Waals surface area (Å²) in [7, 11) is 1.83. The summed E-state index contributed by atoms with van der Waals surface area (Å²) in [6, 6.07) is 8.52. The van der Waals surface area contributed by atoms with Gasteiger partial charge in [0, 0.05) is 46.3 Å². The molecule has 0 aromatic heterocycles. The zero-order valence-corrected chi connectivity index (χ0v) is 22.7. The molecule has 0 bridgehead atoms. The fraction of sp³-hybridized carbons (Fsp3) is 0.708. The Kier molecular flexibility index (Phi) is 13.4. The van der Waals surface area contributed by atoms with Gasteiger partial charge >= 0.3 is 0 Å². The number of nitrogens with one attached hydrogen (secondary N) is 2. The van der Waals surface area contributed by atoms with Crippen LogP contribution in [0.25, 0.3) is 0 Å². The predicted molar refractivity (Wildman–Crippen MR) is 143 cm³/mol. The topological polar surface area (TPSA) is 52.1 Å². The van der Waals surface area contributed by atoms with Gasteiger partial charge in [0.2, 0.25) is 0 Å². The van der Waals surface area contributed by atoms with Gasteiger partial charge in [-0.1, -0.05) is 39.8 Å². The average Bonchev–Trinajstić information content (AvgIpc) is 2.75. The lowest BCUT2D eigenvalue weighted by Gasteiger charge is -2.35. The zero-order chi connectivity index (χ0) is 21.9. The van der Waals surface area contributed by atoms with Crippen LogP contribution in [0.2, 0.25) is 0 Å². The molecule has 178 valence electrons. The molecule has 0 aliphatic carbocycles. The molecule has 1 aliphatic heterocycles.